The number of hydrogen-bond acceptors (Lipinski definition) is 15. The number of phenols is 6. The zero-order chi connectivity index (χ0) is 42.1. The highest BCUT2D eigenvalue weighted by molar-refractivity contribution is 5.69. The molecule has 0 aliphatic carbocycles. The maximum Gasteiger partial charge on any atom is 0.407 e. The lowest BCUT2D eigenvalue weighted by atomic mass is 10.1. The number of aliphatic imine (C=N–C) groups is 2. The average molecular weight is 798 g/mol. The molecule has 3 aromatic carbocycles. The number of unbranched alkanes of at least 4 members (excludes halogenated alkanes) is 7. The van der Waals surface area contributed by atoms with Crippen LogP contribution in [0.4, 0.5) is 4.79 Å². The molecule has 0 atom stereocenters. The van der Waals surface area contributed by atoms with Gasteiger partial charge in [0.05, 0.1) is 26.3 Å². The molecule has 312 valence electrons. The minimum Gasteiger partial charge on any atom is -0.504 e. The Balaban J connectivity index is 0.000000572. The number of aromatic hydroxyl groups is 6. The summed E-state index contributed by atoms with van der Waals surface area (Å²) in [5.74, 6) is -1.29. The van der Waals surface area contributed by atoms with Crippen LogP contribution in [0, 0.1) is 0 Å². The van der Waals surface area contributed by atoms with Crippen LogP contribution in [-0.2, 0) is 43.1 Å². The molecule has 0 saturated heterocycles. The smallest absolute Gasteiger partial charge is 0.407 e. The number of benzene rings is 3. The van der Waals surface area contributed by atoms with Gasteiger partial charge in [-0.05, 0) is 85.2 Å². The lowest BCUT2D eigenvalue weighted by Gasteiger charge is -2.08. The third-order valence-corrected chi connectivity index (χ3v) is 8.04. The SMILES string of the molecule is O=C(CCCCCCCNC(=O)OCCc1ccc(O)c(O)c1)OCCc1ccc(O)c(O)c1.O=C=NCCCCCCN=C=O.OCCc1ccc(O)c(O)c1. The summed E-state index contributed by atoms with van der Waals surface area (Å²) in [5, 5.41) is 66.6. The normalized spacial score (nSPS) is 9.98. The fraction of sp³-hybridized carbons (Fsp3) is 0.463. The van der Waals surface area contributed by atoms with E-state index in [2.05, 4.69) is 15.3 Å². The molecule has 0 aliphatic rings. The van der Waals surface area contributed by atoms with Gasteiger partial charge in [-0.2, -0.15) is 0 Å². The molecule has 0 saturated carbocycles. The van der Waals surface area contributed by atoms with E-state index in [9.17, 15) is 39.6 Å². The van der Waals surface area contributed by atoms with E-state index in [0.717, 1.165) is 74.5 Å². The summed E-state index contributed by atoms with van der Waals surface area (Å²) in [7, 11) is 0. The highest BCUT2D eigenvalue weighted by atomic mass is 16.5. The molecular formula is C41H55N3O13. The summed E-state index contributed by atoms with van der Waals surface area (Å²) in [6.45, 7) is 2.06. The van der Waals surface area contributed by atoms with Gasteiger partial charge in [0.25, 0.3) is 0 Å². The molecule has 8 N–H and O–H groups in total. The van der Waals surface area contributed by atoms with Crippen molar-refractivity contribution in [2.45, 2.75) is 83.5 Å². The number of ether oxygens (including phenoxy) is 2. The van der Waals surface area contributed by atoms with Gasteiger partial charge in [0.2, 0.25) is 12.2 Å². The zero-order valence-corrected chi connectivity index (χ0v) is 32.1. The minimum absolute atomic E-state index is 0.0458. The van der Waals surface area contributed by atoms with Crippen molar-refractivity contribution >= 4 is 24.2 Å². The number of nitrogens with one attached hydrogen (secondary N) is 1. The summed E-state index contributed by atoms with van der Waals surface area (Å²) in [5.41, 5.74) is 2.34. The number of esters is 1. The van der Waals surface area contributed by atoms with E-state index in [0.29, 0.717) is 45.3 Å². The molecule has 0 heterocycles. The van der Waals surface area contributed by atoms with Gasteiger partial charge in [0.1, 0.15) is 0 Å². The number of aliphatic hydroxyl groups excluding tert-OH is 1. The first-order chi connectivity index (χ1) is 27.5. The van der Waals surface area contributed by atoms with Crippen LogP contribution >= 0.6 is 0 Å². The van der Waals surface area contributed by atoms with Crippen LogP contribution in [0.15, 0.2) is 64.6 Å². The molecule has 0 fully saturated rings. The number of alkyl carbamates (subject to hydrolysis) is 1. The molecule has 16 nitrogen and oxygen atoms in total. The Labute approximate surface area is 332 Å². The lowest BCUT2D eigenvalue weighted by Crippen LogP contribution is -2.26. The second-order valence-electron chi connectivity index (χ2n) is 12.6. The summed E-state index contributed by atoms with van der Waals surface area (Å²) < 4.78 is 10.3. The van der Waals surface area contributed by atoms with Crippen molar-refractivity contribution in [3.63, 3.8) is 0 Å². The topological polar surface area (TPSA) is 265 Å². The van der Waals surface area contributed by atoms with E-state index in [1.54, 1.807) is 18.2 Å². The van der Waals surface area contributed by atoms with Gasteiger partial charge in [-0.3, -0.25) is 4.79 Å². The zero-order valence-electron chi connectivity index (χ0n) is 32.1. The summed E-state index contributed by atoms with van der Waals surface area (Å²) >= 11 is 0. The van der Waals surface area contributed by atoms with E-state index in [1.165, 1.54) is 48.6 Å². The van der Waals surface area contributed by atoms with Crippen LogP contribution in [-0.4, -0.2) is 99.4 Å². The molecule has 0 aliphatic heterocycles. The molecule has 1 amide bonds. The van der Waals surface area contributed by atoms with Crippen molar-refractivity contribution in [1.82, 2.24) is 5.32 Å². The Morgan fingerprint density at radius 2 is 0.965 bits per heavy atom. The number of nitrogens with zero attached hydrogens (tertiary/aromatic N) is 2. The van der Waals surface area contributed by atoms with Gasteiger partial charge in [-0.1, -0.05) is 50.3 Å². The van der Waals surface area contributed by atoms with E-state index in [-0.39, 0.29) is 60.3 Å². The Bertz CT molecular complexity index is 1610. The van der Waals surface area contributed by atoms with Crippen molar-refractivity contribution in [3.05, 3.63) is 71.3 Å². The maximum absolute atomic E-state index is 11.8. The Morgan fingerprint density at radius 1 is 0.544 bits per heavy atom. The van der Waals surface area contributed by atoms with Gasteiger partial charge in [0.15, 0.2) is 34.5 Å². The Morgan fingerprint density at radius 3 is 1.42 bits per heavy atom. The van der Waals surface area contributed by atoms with Crippen LogP contribution in [0.3, 0.4) is 0 Å². The second-order valence-corrected chi connectivity index (χ2v) is 12.6. The molecule has 0 aromatic heterocycles. The monoisotopic (exact) mass is 797 g/mol. The van der Waals surface area contributed by atoms with Crippen molar-refractivity contribution in [1.29, 1.82) is 0 Å². The van der Waals surface area contributed by atoms with E-state index in [1.807, 2.05) is 0 Å². The number of amides is 1. The predicted octanol–water partition coefficient (Wildman–Crippen LogP) is 5.76. The van der Waals surface area contributed by atoms with Gasteiger partial charge in [-0.25, -0.2) is 24.4 Å². The average Bonchev–Trinajstić information content (AvgIpc) is 3.19. The quantitative estimate of drug-likeness (QED) is 0.0187. The highest BCUT2D eigenvalue weighted by Gasteiger charge is 2.07. The van der Waals surface area contributed by atoms with Crippen molar-refractivity contribution < 1.29 is 64.4 Å². The second kappa shape index (κ2) is 31.2. The third-order valence-electron chi connectivity index (χ3n) is 8.04. The number of phenolic OH excluding ortho intramolecular Hbond substituents is 6. The molecule has 57 heavy (non-hydrogen) atoms. The van der Waals surface area contributed by atoms with Gasteiger partial charge in [-0.15, -0.1) is 0 Å². The molecule has 0 bridgehead atoms. The molecule has 16 heteroatoms. The fourth-order valence-electron chi connectivity index (χ4n) is 4.91. The number of carbonyl (C=O) groups is 2. The number of carbonyl (C=O) groups excluding carboxylic acids is 4. The van der Waals surface area contributed by atoms with Crippen LogP contribution in [0.2, 0.25) is 0 Å². The molecule has 3 rings (SSSR count). The fourth-order valence-corrected chi connectivity index (χ4v) is 4.91. The van der Waals surface area contributed by atoms with Crippen molar-refractivity contribution in [2.24, 2.45) is 9.98 Å². The number of hydrogen-bond donors (Lipinski definition) is 8. The molecule has 3 aromatic rings. The molecule has 0 unspecified atom stereocenters. The Hall–Kier alpha value is -6.08. The number of rotatable bonds is 23. The van der Waals surface area contributed by atoms with E-state index in [4.69, 9.17) is 24.8 Å². The van der Waals surface area contributed by atoms with E-state index >= 15 is 0 Å². The van der Waals surface area contributed by atoms with Crippen LogP contribution in [0.1, 0.15) is 80.9 Å². The number of isocyanates is 2. The highest BCUT2D eigenvalue weighted by Crippen LogP contribution is 2.26. The largest absolute Gasteiger partial charge is 0.504 e. The summed E-state index contributed by atoms with van der Waals surface area (Å²) in [6, 6.07) is 13.5. The first-order valence-corrected chi connectivity index (χ1v) is 18.8. The Kier molecular flexibility index (Phi) is 26.8. The van der Waals surface area contributed by atoms with Gasteiger partial charge >= 0.3 is 12.1 Å². The minimum atomic E-state index is -0.492. The van der Waals surface area contributed by atoms with E-state index < -0.39 is 6.09 Å². The first kappa shape index (κ1) is 48.9. The van der Waals surface area contributed by atoms with Crippen LogP contribution in [0.25, 0.3) is 0 Å². The lowest BCUT2D eigenvalue weighted by molar-refractivity contribution is -0.143. The van der Waals surface area contributed by atoms with Gasteiger partial charge < -0.3 is 50.5 Å². The predicted molar refractivity (Wildman–Crippen MR) is 210 cm³/mol. The van der Waals surface area contributed by atoms with Crippen LogP contribution in [0.5, 0.6) is 34.5 Å². The molecule has 0 spiro atoms. The van der Waals surface area contributed by atoms with Crippen molar-refractivity contribution in [3.8, 4) is 34.5 Å². The maximum atomic E-state index is 11.8. The van der Waals surface area contributed by atoms with Crippen LogP contribution < -0.4 is 5.32 Å². The summed E-state index contributed by atoms with van der Waals surface area (Å²) in [4.78, 5) is 49.5. The first-order valence-electron chi connectivity index (χ1n) is 18.8. The number of aliphatic hydroxyl groups is 1. The van der Waals surface area contributed by atoms with Crippen molar-refractivity contribution in [2.75, 3.05) is 39.5 Å². The summed E-state index contributed by atoms with van der Waals surface area (Å²) in [6.07, 6.45) is 12.4. The van der Waals surface area contributed by atoms with Gasteiger partial charge in [0, 0.05) is 32.4 Å². The molecular weight excluding hydrogens is 742 g/mol. The third kappa shape index (κ3) is 24.8. The standard InChI is InChI=1S/C25H33NO8.C8H12N2O2.C8H10O3/c27-20-9-7-18(16-22(20)29)11-14-33-24(31)6-4-2-1-3-5-13-26-25(32)34-15-12-19-8-10-21(28)23(30)17-19;11-7-9-5-3-1-2-4-6-10-8-12;9-4-3-6-1-2-7(10)8(11)5-6/h7-10,16-17,27-30H,1-6,11-15H2,(H,26,32);1-6H2;1-2,5,9-11H,3-4H2. The molecule has 0 radical (unpaired) electrons.